The molecule has 0 aromatic heterocycles. The summed E-state index contributed by atoms with van der Waals surface area (Å²) in [5.74, 6) is -1.60. The van der Waals surface area contributed by atoms with E-state index in [2.05, 4.69) is 21.2 Å². The number of nitrogens with one attached hydrogen (secondary N) is 1. The summed E-state index contributed by atoms with van der Waals surface area (Å²) in [6, 6.07) is 14.2. The average molecular weight is 525 g/mol. The number of hydrogen-bond acceptors (Lipinski definition) is 5. The first-order chi connectivity index (χ1) is 16.3. The quantitative estimate of drug-likeness (QED) is 0.376. The van der Waals surface area contributed by atoms with E-state index in [9.17, 15) is 23.9 Å². The van der Waals surface area contributed by atoms with Gasteiger partial charge in [-0.1, -0.05) is 34.1 Å². The standard InChI is InChI=1S/C25H18BrFN2O5/c1-34-22-12-14(11-20(26)18(22)13-15-4-2-3-5-21(15)27)10-19-23(31)28-25(33)29(24(19)32)16-6-8-17(30)9-7-16/h2-12,30H,13H2,1H3,(H,28,31,33)/b19-10+. The summed E-state index contributed by atoms with van der Waals surface area (Å²) in [6.07, 6.45) is 1.60. The van der Waals surface area contributed by atoms with Crippen LogP contribution in [0.15, 0.2) is 70.7 Å². The molecule has 0 radical (unpaired) electrons. The molecule has 0 aliphatic carbocycles. The van der Waals surface area contributed by atoms with Crippen molar-refractivity contribution in [1.82, 2.24) is 5.32 Å². The number of anilines is 1. The number of carbonyl (C=O) groups is 3. The van der Waals surface area contributed by atoms with E-state index in [-0.39, 0.29) is 29.2 Å². The minimum Gasteiger partial charge on any atom is -0.508 e. The van der Waals surface area contributed by atoms with E-state index >= 15 is 0 Å². The fourth-order valence-corrected chi connectivity index (χ4v) is 4.16. The van der Waals surface area contributed by atoms with E-state index < -0.39 is 17.8 Å². The Morgan fingerprint density at radius 3 is 2.47 bits per heavy atom. The molecule has 1 saturated heterocycles. The van der Waals surface area contributed by atoms with Crippen LogP contribution in [0.5, 0.6) is 11.5 Å². The summed E-state index contributed by atoms with van der Waals surface area (Å²) in [5, 5.41) is 11.6. The van der Waals surface area contributed by atoms with E-state index in [1.54, 1.807) is 30.3 Å². The molecule has 0 atom stereocenters. The average Bonchev–Trinajstić information content (AvgIpc) is 2.80. The van der Waals surface area contributed by atoms with E-state index in [0.717, 1.165) is 4.90 Å². The predicted octanol–water partition coefficient (Wildman–Crippen LogP) is 4.56. The van der Waals surface area contributed by atoms with Crippen LogP contribution in [-0.4, -0.2) is 30.1 Å². The van der Waals surface area contributed by atoms with Crippen LogP contribution in [-0.2, 0) is 16.0 Å². The van der Waals surface area contributed by atoms with Gasteiger partial charge >= 0.3 is 6.03 Å². The first-order valence-corrected chi connectivity index (χ1v) is 10.9. The molecular formula is C25H18BrFN2O5. The zero-order valence-corrected chi connectivity index (χ0v) is 19.4. The molecule has 34 heavy (non-hydrogen) atoms. The maximum Gasteiger partial charge on any atom is 0.335 e. The number of benzene rings is 3. The maximum absolute atomic E-state index is 14.2. The van der Waals surface area contributed by atoms with Gasteiger partial charge in [-0.15, -0.1) is 0 Å². The SMILES string of the molecule is COc1cc(/C=C2\C(=O)NC(=O)N(c3ccc(O)cc3)C2=O)cc(Br)c1Cc1ccccc1F. The second kappa shape index (κ2) is 9.48. The molecule has 3 aromatic carbocycles. The van der Waals surface area contributed by atoms with Gasteiger partial charge in [0.15, 0.2) is 0 Å². The third-order valence-electron chi connectivity index (χ3n) is 5.24. The Bertz CT molecular complexity index is 1340. The Labute approximate surface area is 202 Å². The van der Waals surface area contributed by atoms with Crippen LogP contribution >= 0.6 is 15.9 Å². The van der Waals surface area contributed by atoms with Crippen molar-refractivity contribution in [2.24, 2.45) is 0 Å². The molecule has 7 nitrogen and oxygen atoms in total. The molecular weight excluding hydrogens is 507 g/mol. The minimum atomic E-state index is -0.892. The summed E-state index contributed by atoms with van der Waals surface area (Å²) >= 11 is 3.48. The van der Waals surface area contributed by atoms with E-state index in [4.69, 9.17) is 4.74 Å². The number of urea groups is 1. The van der Waals surface area contributed by atoms with Crippen molar-refractivity contribution in [2.45, 2.75) is 6.42 Å². The van der Waals surface area contributed by atoms with Crippen molar-refractivity contribution in [3.05, 3.63) is 93.2 Å². The van der Waals surface area contributed by atoms with Gasteiger partial charge in [-0.3, -0.25) is 14.9 Å². The van der Waals surface area contributed by atoms with Gasteiger partial charge in [0.2, 0.25) is 0 Å². The monoisotopic (exact) mass is 524 g/mol. The number of imide groups is 2. The molecule has 0 unspecified atom stereocenters. The number of rotatable bonds is 5. The van der Waals surface area contributed by atoms with Crippen LogP contribution in [0.3, 0.4) is 0 Å². The third kappa shape index (κ3) is 4.55. The predicted molar refractivity (Wildman–Crippen MR) is 127 cm³/mol. The van der Waals surface area contributed by atoms with Crippen LogP contribution in [0.4, 0.5) is 14.9 Å². The Hall–Kier alpha value is -3.98. The first kappa shape index (κ1) is 23.2. The number of methoxy groups -OCH3 is 1. The van der Waals surface area contributed by atoms with Crippen molar-refractivity contribution < 1.29 is 28.6 Å². The topological polar surface area (TPSA) is 95.9 Å². The zero-order chi connectivity index (χ0) is 24.4. The van der Waals surface area contributed by atoms with Crippen LogP contribution in [0.25, 0.3) is 6.08 Å². The van der Waals surface area contributed by atoms with Gasteiger partial charge in [0, 0.05) is 16.5 Å². The first-order valence-electron chi connectivity index (χ1n) is 10.1. The molecule has 3 aromatic rings. The number of hydrogen-bond donors (Lipinski definition) is 2. The summed E-state index contributed by atoms with van der Waals surface area (Å²) in [4.78, 5) is 38.6. The molecule has 0 saturated carbocycles. The van der Waals surface area contributed by atoms with Crippen molar-refractivity contribution in [3.8, 4) is 11.5 Å². The normalized spacial score (nSPS) is 15.0. The minimum absolute atomic E-state index is 0.0344. The number of barbiturate groups is 1. The Morgan fingerprint density at radius 1 is 1.09 bits per heavy atom. The smallest absolute Gasteiger partial charge is 0.335 e. The number of aromatic hydroxyl groups is 1. The largest absolute Gasteiger partial charge is 0.508 e. The lowest BCUT2D eigenvalue weighted by Crippen LogP contribution is -2.54. The number of phenolic OH excluding ortho intramolecular Hbond substituents is 1. The second-order valence-corrected chi connectivity index (χ2v) is 8.28. The zero-order valence-electron chi connectivity index (χ0n) is 17.8. The van der Waals surface area contributed by atoms with E-state index in [1.165, 1.54) is 43.5 Å². The number of ether oxygens (including phenoxy) is 1. The molecule has 0 spiro atoms. The Morgan fingerprint density at radius 2 is 1.79 bits per heavy atom. The van der Waals surface area contributed by atoms with Crippen LogP contribution in [0, 0.1) is 5.82 Å². The fraction of sp³-hybridized carbons (Fsp3) is 0.0800. The third-order valence-corrected chi connectivity index (χ3v) is 5.95. The van der Waals surface area contributed by atoms with Gasteiger partial charge in [0.05, 0.1) is 12.8 Å². The van der Waals surface area contributed by atoms with Gasteiger partial charge in [-0.2, -0.15) is 0 Å². The van der Waals surface area contributed by atoms with Crippen molar-refractivity contribution in [2.75, 3.05) is 12.0 Å². The lowest BCUT2D eigenvalue weighted by Gasteiger charge is -2.26. The highest BCUT2D eigenvalue weighted by Gasteiger charge is 2.36. The molecule has 9 heteroatoms. The molecule has 4 amide bonds. The highest BCUT2D eigenvalue weighted by atomic mass is 79.9. The highest BCUT2D eigenvalue weighted by molar-refractivity contribution is 9.10. The number of carbonyl (C=O) groups excluding carboxylic acids is 3. The molecule has 1 heterocycles. The van der Waals surface area contributed by atoms with Gasteiger partial charge in [-0.25, -0.2) is 14.1 Å². The van der Waals surface area contributed by atoms with E-state index in [1.807, 2.05) is 0 Å². The summed E-state index contributed by atoms with van der Waals surface area (Å²) in [7, 11) is 1.47. The van der Waals surface area contributed by atoms with Crippen LogP contribution < -0.4 is 15.0 Å². The van der Waals surface area contributed by atoms with Crippen molar-refractivity contribution in [3.63, 3.8) is 0 Å². The lowest BCUT2D eigenvalue weighted by molar-refractivity contribution is -0.122. The lowest BCUT2D eigenvalue weighted by atomic mass is 10.00. The highest BCUT2D eigenvalue weighted by Crippen LogP contribution is 2.33. The number of phenols is 1. The summed E-state index contributed by atoms with van der Waals surface area (Å²) in [6.45, 7) is 0. The molecule has 2 N–H and O–H groups in total. The molecule has 0 bridgehead atoms. The van der Waals surface area contributed by atoms with Gasteiger partial charge in [0.25, 0.3) is 11.8 Å². The number of nitrogens with zero attached hydrogens (tertiary/aromatic N) is 1. The number of amides is 4. The van der Waals surface area contributed by atoms with E-state index in [0.29, 0.717) is 26.9 Å². The van der Waals surface area contributed by atoms with Crippen LogP contribution in [0.2, 0.25) is 0 Å². The van der Waals surface area contributed by atoms with Gasteiger partial charge in [-0.05, 0) is 59.7 Å². The van der Waals surface area contributed by atoms with Gasteiger partial charge < -0.3 is 9.84 Å². The second-order valence-electron chi connectivity index (χ2n) is 7.43. The Balaban J connectivity index is 1.71. The van der Waals surface area contributed by atoms with Crippen LogP contribution in [0.1, 0.15) is 16.7 Å². The van der Waals surface area contributed by atoms with Crippen molar-refractivity contribution >= 4 is 45.5 Å². The molecule has 172 valence electrons. The fourth-order valence-electron chi connectivity index (χ4n) is 3.56. The van der Waals surface area contributed by atoms with Gasteiger partial charge in [0.1, 0.15) is 22.9 Å². The molecule has 1 aliphatic heterocycles. The molecule has 4 rings (SSSR count). The maximum atomic E-state index is 14.2. The summed E-state index contributed by atoms with van der Waals surface area (Å²) < 4.78 is 20.2. The molecule has 1 fully saturated rings. The molecule has 1 aliphatic rings. The van der Waals surface area contributed by atoms with Crippen molar-refractivity contribution in [1.29, 1.82) is 0 Å². The number of halogens is 2. The Kier molecular flexibility index (Phi) is 6.47. The summed E-state index contributed by atoms with van der Waals surface area (Å²) in [5.41, 5.74) is 1.56.